The minimum absolute atomic E-state index is 0.250. The van der Waals surface area contributed by atoms with E-state index in [1.54, 1.807) is 13.3 Å². The summed E-state index contributed by atoms with van der Waals surface area (Å²) in [7, 11) is 1.61. The van der Waals surface area contributed by atoms with Crippen LogP contribution in [0.4, 0.5) is 5.88 Å². The third-order valence-electron chi connectivity index (χ3n) is 5.98. The largest absolute Gasteiger partial charge is 0.493 e. The van der Waals surface area contributed by atoms with Crippen LogP contribution in [0.3, 0.4) is 0 Å². The monoisotopic (exact) mass is 688 g/mol. The first-order valence-corrected chi connectivity index (χ1v) is 13.9. The van der Waals surface area contributed by atoms with Gasteiger partial charge in [0.05, 0.1) is 10.7 Å². The van der Waals surface area contributed by atoms with Crippen molar-refractivity contribution in [3.05, 3.63) is 122 Å². The Bertz CT molecular complexity index is 1660. The molecule has 0 unspecified atom stereocenters. The van der Waals surface area contributed by atoms with Gasteiger partial charge in [0.25, 0.3) is 0 Å². The van der Waals surface area contributed by atoms with Crippen LogP contribution in [0.25, 0.3) is 22.5 Å². The molecule has 1 aromatic heterocycles. The number of nitrogens with zero attached hydrogens (tertiary/aromatic N) is 2. The quantitative estimate of drug-likeness (QED) is 0.120. The molecule has 0 saturated carbocycles. The van der Waals surface area contributed by atoms with Crippen LogP contribution >= 0.6 is 38.5 Å². The lowest BCUT2D eigenvalue weighted by Crippen LogP contribution is -2.00. The predicted molar refractivity (Wildman–Crippen MR) is 166 cm³/mol. The summed E-state index contributed by atoms with van der Waals surface area (Å²) in [6.45, 7) is 0.412. The van der Waals surface area contributed by atoms with E-state index >= 15 is 0 Å². The SMILES string of the molecule is COc1cc(C=Nc2oc(-c3ccccc3)c(-c3ccccc3)c2C#N)cc(I)c1OCc1ccc(Br)cc1. The van der Waals surface area contributed by atoms with Crippen LogP contribution in [-0.4, -0.2) is 13.3 Å². The van der Waals surface area contributed by atoms with E-state index in [-0.39, 0.29) is 5.88 Å². The number of aliphatic imine (C=N–C) groups is 1. The fraction of sp³-hybridized carbons (Fsp3) is 0.0625. The van der Waals surface area contributed by atoms with Gasteiger partial charge in [-0.2, -0.15) is 5.26 Å². The molecule has 7 heteroatoms. The zero-order valence-electron chi connectivity index (χ0n) is 20.9. The lowest BCUT2D eigenvalue weighted by Gasteiger charge is -2.13. The predicted octanol–water partition coefficient (Wildman–Crippen LogP) is 9.19. The Balaban J connectivity index is 1.49. The number of methoxy groups -OCH3 is 1. The van der Waals surface area contributed by atoms with Gasteiger partial charge in [-0.05, 0) is 63.5 Å². The average Bonchev–Trinajstić information content (AvgIpc) is 3.35. The standard InChI is InChI=1S/C32H22BrIN2O3/c1-37-28-17-22(16-27(34)31(28)38-20-21-12-14-25(33)15-13-21)19-36-32-26(18-35)29(23-8-4-2-5-9-23)30(39-32)24-10-6-3-7-11-24/h2-17,19H,20H2,1H3. The normalized spacial score (nSPS) is 10.9. The fourth-order valence-electron chi connectivity index (χ4n) is 4.11. The number of benzene rings is 4. The highest BCUT2D eigenvalue weighted by Gasteiger charge is 2.22. The molecule has 0 aliphatic rings. The van der Waals surface area contributed by atoms with Gasteiger partial charge in [0, 0.05) is 21.8 Å². The molecule has 0 aliphatic carbocycles. The minimum Gasteiger partial charge on any atom is -0.493 e. The van der Waals surface area contributed by atoms with Crippen LogP contribution in [0, 0.1) is 14.9 Å². The van der Waals surface area contributed by atoms with E-state index in [0.29, 0.717) is 29.4 Å². The summed E-state index contributed by atoms with van der Waals surface area (Å²) in [5.74, 6) is 2.11. The van der Waals surface area contributed by atoms with Gasteiger partial charge >= 0.3 is 0 Å². The van der Waals surface area contributed by atoms with E-state index in [1.165, 1.54) is 0 Å². The molecule has 4 aromatic carbocycles. The molecule has 192 valence electrons. The zero-order valence-corrected chi connectivity index (χ0v) is 24.6. The van der Waals surface area contributed by atoms with E-state index in [9.17, 15) is 5.26 Å². The summed E-state index contributed by atoms with van der Waals surface area (Å²) < 4.78 is 19.9. The third-order valence-corrected chi connectivity index (χ3v) is 7.31. The number of hydrogen-bond acceptors (Lipinski definition) is 5. The van der Waals surface area contributed by atoms with E-state index in [1.807, 2.05) is 97.1 Å². The van der Waals surface area contributed by atoms with Crippen LogP contribution in [0.15, 0.2) is 111 Å². The highest BCUT2D eigenvalue weighted by molar-refractivity contribution is 14.1. The van der Waals surface area contributed by atoms with Gasteiger partial charge in [0.2, 0.25) is 5.88 Å². The maximum absolute atomic E-state index is 10.1. The van der Waals surface area contributed by atoms with E-state index in [4.69, 9.17) is 13.9 Å². The van der Waals surface area contributed by atoms with Gasteiger partial charge < -0.3 is 13.9 Å². The third kappa shape index (κ3) is 6.08. The first-order valence-electron chi connectivity index (χ1n) is 12.0. The number of nitriles is 1. The topological polar surface area (TPSA) is 67.8 Å². The molecule has 0 fully saturated rings. The van der Waals surface area contributed by atoms with Crippen molar-refractivity contribution >= 4 is 50.6 Å². The molecule has 0 saturated heterocycles. The van der Waals surface area contributed by atoms with Crippen LogP contribution in [0.2, 0.25) is 0 Å². The maximum Gasteiger partial charge on any atom is 0.238 e. The van der Waals surface area contributed by atoms with E-state index < -0.39 is 0 Å². The lowest BCUT2D eigenvalue weighted by atomic mass is 9.98. The fourth-order valence-corrected chi connectivity index (χ4v) is 5.16. The van der Waals surface area contributed by atoms with Crippen LogP contribution < -0.4 is 9.47 Å². The molecule has 0 aliphatic heterocycles. The van der Waals surface area contributed by atoms with E-state index in [0.717, 1.165) is 35.9 Å². The number of ether oxygens (including phenoxy) is 2. The number of hydrogen-bond donors (Lipinski definition) is 0. The Hall–Kier alpha value is -3.87. The number of furan rings is 1. The molecule has 0 radical (unpaired) electrons. The van der Waals surface area contributed by atoms with Crippen molar-refractivity contribution in [2.45, 2.75) is 6.61 Å². The summed E-state index contributed by atoms with van der Waals surface area (Å²) in [5.41, 5.74) is 4.70. The summed E-state index contributed by atoms with van der Waals surface area (Å²) in [4.78, 5) is 4.61. The second-order valence-corrected chi connectivity index (χ2v) is 10.6. The summed E-state index contributed by atoms with van der Waals surface area (Å²) in [5, 5.41) is 10.1. The molecule has 0 bridgehead atoms. The highest BCUT2D eigenvalue weighted by atomic mass is 127. The number of rotatable bonds is 8. The molecular weight excluding hydrogens is 667 g/mol. The molecule has 1 heterocycles. The van der Waals surface area contributed by atoms with Crippen LogP contribution in [0.5, 0.6) is 11.5 Å². The Kier molecular flexibility index (Phi) is 8.45. The smallest absolute Gasteiger partial charge is 0.238 e. The minimum atomic E-state index is 0.250. The van der Waals surface area contributed by atoms with Gasteiger partial charge in [-0.25, -0.2) is 4.99 Å². The molecule has 5 rings (SSSR count). The van der Waals surface area contributed by atoms with Crippen molar-refractivity contribution in [3.8, 4) is 40.0 Å². The lowest BCUT2D eigenvalue weighted by molar-refractivity contribution is 0.282. The zero-order chi connectivity index (χ0) is 27.2. The van der Waals surface area contributed by atoms with Crippen molar-refractivity contribution in [1.82, 2.24) is 0 Å². The van der Waals surface area contributed by atoms with Crippen molar-refractivity contribution in [3.63, 3.8) is 0 Å². The summed E-state index contributed by atoms with van der Waals surface area (Å²) in [6, 6.07) is 33.6. The molecule has 0 atom stereocenters. The molecular formula is C32H22BrIN2O3. The van der Waals surface area contributed by atoms with Crippen molar-refractivity contribution in [2.24, 2.45) is 4.99 Å². The second-order valence-electron chi connectivity index (χ2n) is 8.54. The molecule has 5 nitrogen and oxygen atoms in total. The average molecular weight is 689 g/mol. The van der Waals surface area contributed by atoms with Crippen molar-refractivity contribution in [1.29, 1.82) is 5.26 Å². The van der Waals surface area contributed by atoms with Crippen LogP contribution in [-0.2, 0) is 6.61 Å². The van der Waals surface area contributed by atoms with Gasteiger partial charge in [0.1, 0.15) is 24.0 Å². The summed E-state index contributed by atoms with van der Waals surface area (Å²) >= 11 is 5.68. The molecule has 0 amide bonds. The van der Waals surface area contributed by atoms with Crippen molar-refractivity contribution < 1.29 is 13.9 Å². The Morgan fingerprint density at radius 1 is 0.949 bits per heavy atom. The highest BCUT2D eigenvalue weighted by Crippen LogP contribution is 2.42. The molecule has 39 heavy (non-hydrogen) atoms. The Morgan fingerprint density at radius 3 is 2.26 bits per heavy atom. The molecule has 5 aromatic rings. The van der Waals surface area contributed by atoms with Crippen molar-refractivity contribution in [2.75, 3.05) is 7.11 Å². The second kappa shape index (κ2) is 12.3. The number of halogens is 2. The maximum atomic E-state index is 10.1. The Labute approximate surface area is 249 Å². The van der Waals surface area contributed by atoms with Gasteiger partial charge in [-0.15, -0.1) is 0 Å². The first-order chi connectivity index (χ1) is 19.1. The Morgan fingerprint density at radius 2 is 1.62 bits per heavy atom. The van der Waals surface area contributed by atoms with E-state index in [2.05, 4.69) is 49.6 Å². The van der Waals surface area contributed by atoms with Gasteiger partial charge in [-0.1, -0.05) is 88.7 Å². The summed E-state index contributed by atoms with van der Waals surface area (Å²) in [6.07, 6.45) is 1.67. The van der Waals surface area contributed by atoms with Crippen LogP contribution in [0.1, 0.15) is 16.7 Å². The molecule has 0 N–H and O–H groups in total. The molecule has 0 spiro atoms. The van der Waals surface area contributed by atoms with Gasteiger partial charge in [0.15, 0.2) is 11.5 Å². The van der Waals surface area contributed by atoms with Gasteiger partial charge in [-0.3, -0.25) is 0 Å². The first kappa shape index (κ1) is 26.7.